The summed E-state index contributed by atoms with van der Waals surface area (Å²) in [7, 11) is 1.54. The molecular weight excluding hydrogens is 132 g/mol. The molecule has 4 nitrogen and oxygen atoms in total. The number of amides is 1. The quantitative estimate of drug-likeness (QED) is 0.498. The molecule has 0 rings (SSSR count). The van der Waals surface area contributed by atoms with Gasteiger partial charge in [0.25, 0.3) is 5.91 Å². The number of rotatable bonds is 2. The molecule has 0 saturated carbocycles. The van der Waals surface area contributed by atoms with Gasteiger partial charge in [-0.3, -0.25) is 4.79 Å². The fourth-order valence-electron chi connectivity index (χ4n) is 0.550. The Labute approximate surface area is 60.6 Å². The zero-order valence-electron chi connectivity index (χ0n) is 6.59. The van der Waals surface area contributed by atoms with E-state index < -0.39 is 5.60 Å². The lowest BCUT2D eigenvalue weighted by molar-refractivity contribution is -0.146. The van der Waals surface area contributed by atoms with Crippen LogP contribution in [-0.2, 0) is 4.79 Å². The molecule has 60 valence electrons. The molecule has 0 aliphatic carbocycles. The van der Waals surface area contributed by atoms with Crippen molar-refractivity contribution in [3.63, 3.8) is 0 Å². The summed E-state index contributed by atoms with van der Waals surface area (Å²) in [6.07, 6.45) is 0. The van der Waals surface area contributed by atoms with E-state index in [2.05, 4.69) is 0 Å². The maximum absolute atomic E-state index is 11.0. The van der Waals surface area contributed by atoms with Crippen molar-refractivity contribution in [2.45, 2.75) is 19.4 Å². The Bertz CT molecular complexity index is 128. The second kappa shape index (κ2) is 2.98. The first-order chi connectivity index (χ1) is 4.39. The molecule has 0 bridgehead atoms. The van der Waals surface area contributed by atoms with Gasteiger partial charge in [0.2, 0.25) is 0 Å². The normalized spacial score (nSPS) is 11.3. The Kier molecular flexibility index (Phi) is 2.80. The van der Waals surface area contributed by atoms with E-state index in [1.165, 1.54) is 18.7 Å². The summed E-state index contributed by atoms with van der Waals surface area (Å²) in [4.78, 5) is 12.3. The van der Waals surface area contributed by atoms with Crippen molar-refractivity contribution in [1.29, 1.82) is 0 Å². The highest BCUT2D eigenvalue weighted by molar-refractivity contribution is 5.83. The van der Waals surface area contributed by atoms with Crippen molar-refractivity contribution < 1.29 is 9.90 Å². The smallest absolute Gasteiger partial charge is 0.254 e. The Morgan fingerprint density at radius 3 is 2.20 bits per heavy atom. The molecule has 0 unspecified atom stereocenters. The lowest BCUT2D eigenvalue weighted by Gasteiger charge is -2.23. The number of aliphatic hydroxyl groups is 1. The van der Waals surface area contributed by atoms with Gasteiger partial charge in [0, 0.05) is 7.05 Å². The molecule has 0 heterocycles. The van der Waals surface area contributed by atoms with E-state index in [-0.39, 0.29) is 12.6 Å². The third-order valence-corrected chi connectivity index (χ3v) is 1.14. The number of hydrogen-bond donors (Lipinski definition) is 2. The van der Waals surface area contributed by atoms with Crippen LogP contribution >= 0.6 is 0 Å². The standard InChI is InChI=1S/C6H14N2O2/c1-6(2,10)5(9)8(3)4-7/h10H,4,7H2,1-3H3. The van der Waals surface area contributed by atoms with Gasteiger partial charge in [-0.25, -0.2) is 0 Å². The fourth-order valence-corrected chi connectivity index (χ4v) is 0.550. The second-order valence-electron chi connectivity index (χ2n) is 2.74. The highest BCUT2D eigenvalue weighted by atomic mass is 16.3. The molecule has 0 aromatic heterocycles. The predicted molar refractivity (Wildman–Crippen MR) is 38.1 cm³/mol. The predicted octanol–water partition coefficient (Wildman–Crippen LogP) is -0.868. The molecule has 0 aliphatic heterocycles. The van der Waals surface area contributed by atoms with Crippen molar-refractivity contribution in [3.8, 4) is 0 Å². The molecule has 0 atom stereocenters. The van der Waals surface area contributed by atoms with E-state index in [1.54, 1.807) is 7.05 Å². The lowest BCUT2D eigenvalue weighted by atomic mass is 10.1. The molecule has 4 heteroatoms. The SMILES string of the molecule is CN(CN)C(=O)C(C)(C)O. The molecular formula is C6H14N2O2. The first-order valence-corrected chi connectivity index (χ1v) is 3.07. The molecule has 0 spiro atoms. The lowest BCUT2D eigenvalue weighted by Crippen LogP contribution is -2.45. The molecule has 0 aromatic carbocycles. The van der Waals surface area contributed by atoms with Gasteiger partial charge in [0.15, 0.2) is 0 Å². The molecule has 0 aromatic rings. The molecule has 0 saturated heterocycles. The highest BCUT2D eigenvalue weighted by Crippen LogP contribution is 2.03. The number of nitrogens with two attached hydrogens (primary N) is 1. The zero-order chi connectivity index (χ0) is 8.36. The summed E-state index contributed by atoms with van der Waals surface area (Å²) in [5, 5.41) is 9.14. The third kappa shape index (κ3) is 2.33. The van der Waals surface area contributed by atoms with Crippen LogP contribution in [0.25, 0.3) is 0 Å². The minimum absolute atomic E-state index is 0.128. The second-order valence-corrected chi connectivity index (χ2v) is 2.74. The van der Waals surface area contributed by atoms with Crippen LogP contribution in [-0.4, -0.2) is 35.2 Å². The van der Waals surface area contributed by atoms with Gasteiger partial charge < -0.3 is 15.7 Å². The number of hydrogen-bond acceptors (Lipinski definition) is 3. The van der Waals surface area contributed by atoms with E-state index in [4.69, 9.17) is 10.8 Å². The minimum Gasteiger partial charge on any atom is -0.381 e. The van der Waals surface area contributed by atoms with Crippen LogP contribution in [0.4, 0.5) is 0 Å². The van der Waals surface area contributed by atoms with Crippen molar-refractivity contribution in [2.24, 2.45) is 5.73 Å². The van der Waals surface area contributed by atoms with Crippen LogP contribution in [0, 0.1) is 0 Å². The summed E-state index contributed by atoms with van der Waals surface area (Å²) < 4.78 is 0. The van der Waals surface area contributed by atoms with Gasteiger partial charge in [-0.15, -0.1) is 0 Å². The largest absolute Gasteiger partial charge is 0.381 e. The van der Waals surface area contributed by atoms with Gasteiger partial charge in [-0.2, -0.15) is 0 Å². The summed E-state index contributed by atoms with van der Waals surface area (Å²) in [5.41, 5.74) is 3.85. The van der Waals surface area contributed by atoms with Crippen LogP contribution in [0.1, 0.15) is 13.8 Å². The Hall–Kier alpha value is -0.610. The van der Waals surface area contributed by atoms with Crippen LogP contribution in [0.3, 0.4) is 0 Å². The number of likely N-dealkylation sites (N-methyl/N-ethyl adjacent to an activating group) is 1. The van der Waals surface area contributed by atoms with Gasteiger partial charge in [-0.05, 0) is 13.8 Å². The summed E-state index contributed by atoms with van der Waals surface area (Å²) in [5.74, 6) is -0.366. The molecule has 0 aliphatic rings. The van der Waals surface area contributed by atoms with Crippen LogP contribution in [0.2, 0.25) is 0 Å². The topological polar surface area (TPSA) is 66.6 Å². The molecule has 3 N–H and O–H groups in total. The van der Waals surface area contributed by atoms with Crippen LogP contribution in [0.5, 0.6) is 0 Å². The van der Waals surface area contributed by atoms with Gasteiger partial charge in [0.05, 0.1) is 6.67 Å². The Morgan fingerprint density at radius 1 is 1.70 bits per heavy atom. The molecule has 1 amide bonds. The van der Waals surface area contributed by atoms with Gasteiger partial charge in [0.1, 0.15) is 5.60 Å². The van der Waals surface area contributed by atoms with E-state index in [1.807, 2.05) is 0 Å². The number of nitrogens with zero attached hydrogens (tertiary/aromatic N) is 1. The summed E-state index contributed by atoms with van der Waals surface area (Å²) in [6.45, 7) is 2.99. The van der Waals surface area contributed by atoms with Crippen LogP contribution in [0.15, 0.2) is 0 Å². The minimum atomic E-state index is -1.31. The third-order valence-electron chi connectivity index (χ3n) is 1.14. The number of carbonyl (C=O) groups excluding carboxylic acids is 1. The van der Waals surface area contributed by atoms with Crippen molar-refractivity contribution in [3.05, 3.63) is 0 Å². The Balaban J connectivity index is 4.09. The van der Waals surface area contributed by atoms with E-state index >= 15 is 0 Å². The summed E-state index contributed by atoms with van der Waals surface area (Å²) in [6, 6.07) is 0. The highest BCUT2D eigenvalue weighted by Gasteiger charge is 2.26. The van der Waals surface area contributed by atoms with Crippen molar-refractivity contribution in [1.82, 2.24) is 4.90 Å². The first kappa shape index (κ1) is 9.39. The van der Waals surface area contributed by atoms with E-state index in [0.29, 0.717) is 0 Å². The maximum atomic E-state index is 11.0. The molecule has 10 heavy (non-hydrogen) atoms. The van der Waals surface area contributed by atoms with E-state index in [0.717, 1.165) is 0 Å². The molecule has 0 fully saturated rings. The monoisotopic (exact) mass is 146 g/mol. The average Bonchev–Trinajstić information content (AvgIpc) is 1.83. The zero-order valence-corrected chi connectivity index (χ0v) is 6.59. The maximum Gasteiger partial charge on any atom is 0.254 e. The first-order valence-electron chi connectivity index (χ1n) is 3.07. The van der Waals surface area contributed by atoms with Crippen molar-refractivity contribution in [2.75, 3.05) is 13.7 Å². The van der Waals surface area contributed by atoms with Crippen molar-refractivity contribution >= 4 is 5.91 Å². The average molecular weight is 146 g/mol. The van der Waals surface area contributed by atoms with Gasteiger partial charge in [-0.1, -0.05) is 0 Å². The Morgan fingerprint density at radius 2 is 2.10 bits per heavy atom. The summed E-state index contributed by atoms with van der Waals surface area (Å²) >= 11 is 0. The number of carbonyl (C=O) groups is 1. The molecule has 0 radical (unpaired) electrons. The van der Waals surface area contributed by atoms with Gasteiger partial charge >= 0.3 is 0 Å². The fraction of sp³-hybridized carbons (Fsp3) is 0.833. The van der Waals surface area contributed by atoms with Crippen LogP contribution < -0.4 is 5.73 Å². The van der Waals surface area contributed by atoms with E-state index in [9.17, 15) is 4.79 Å².